The van der Waals surface area contributed by atoms with Crippen molar-refractivity contribution in [2.24, 2.45) is 5.10 Å². The summed E-state index contributed by atoms with van der Waals surface area (Å²) in [7, 11) is 0. The molecule has 0 bridgehead atoms. The van der Waals surface area contributed by atoms with Crippen molar-refractivity contribution in [1.82, 2.24) is 4.98 Å². The van der Waals surface area contributed by atoms with Crippen molar-refractivity contribution in [2.45, 2.75) is 6.92 Å². The van der Waals surface area contributed by atoms with E-state index in [-0.39, 0.29) is 5.75 Å². The first kappa shape index (κ1) is 16.8. The van der Waals surface area contributed by atoms with Crippen LogP contribution in [0.3, 0.4) is 0 Å². The first-order chi connectivity index (χ1) is 11.5. The van der Waals surface area contributed by atoms with Gasteiger partial charge in [0.05, 0.1) is 21.5 Å². The van der Waals surface area contributed by atoms with Crippen molar-refractivity contribution in [3.63, 3.8) is 0 Å². The standard InChI is InChI=1S/C17H13Cl2N3OS/c1-10(11-2-5-13(23)6-3-11)21-22-17-20-16(9-24-17)12-4-7-14(18)15(19)8-12/h2-9,23H,1H3,(H,20,22)/b21-10+. The Morgan fingerprint density at radius 1 is 1.12 bits per heavy atom. The van der Waals surface area contributed by atoms with Gasteiger partial charge in [0.2, 0.25) is 5.13 Å². The molecule has 0 unspecified atom stereocenters. The molecule has 2 aromatic carbocycles. The number of hydrogen-bond donors (Lipinski definition) is 2. The highest BCUT2D eigenvalue weighted by atomic mass is 35.5. The molecule has 0 saturated carbocycles. The summed E-state index contributed by atoms with van der Waals surface area (Å²) in [6, 6.07) is 12.3. The monoisotopic (exact) mass is 377 g/mol. The normalized spacial score (nSPS) is 11.5. The van der Waals surface area contributed by atoms with Crippen LogP contribution in [-0.4, -0.2) is 15.8 Å². The van der Waals surface area contributed by atoms with Gasteiger partial charge in [-0.2, -0.15) is 5.10 Å². The molecule has 0 amide bonds. The van der Waals surface area contributed by atoms with Crippen LogP contribution in [0.25, 0.3) is 11.3 Å². The third-order valence-electron chi connectivity index (χ3n) is 3.32. The minimum absolute atomic E-state index is 0.227. The topological polar surface area (TPSA) is 57.5 Å². The fraction of sp³-hybridized carbons (Fsp3) is 0.0588. The van der Waals surface area contributed by atoms with Crippen LogP contribution in [0.4, 0.5) is 5.13 Å². The maximum Gasteiger partial charge on any atom is 0.203 e. The minimum Gasteiger partial charge on any atom is -0.508 e. The van der Waals surface area contributed by atoms with Crippen molar-refractivity contribution in [3.05, 3.63) is 63.5 Å². The lowest BCUT2D eigenvalue weighted by molar-refractivity contribution is 0.475. The largest absolute Gasteiger partial charge is 0.508 e. The summed E-state index contributed by atoms with van der Waals surface area (Å²) in [5.74, 6) is 0.227. The number of rotatable bonds is 4. The number of hydrazone groups is 1. The van der Waals surface area contributed by atoms with Crippen LogP contribution in [0.2, 0.25) is 10.0 Å². The van der Waals surface area contributed by atoms with Crippen molar-refractivity contribution in [1.29, 1.82) is 0 Å². The Hall–Kier alpha value is -2.08. The second-order valence-electron chi connectivity index (χ2n) is 5.02. The molecule has 0 atom stereocenters. The van der Waals surface area contributed by atoms with E-state index in [1.165, 1.54) is 11.3 Å². The quantitative estimate of drug-likeness (QED) is 0.455. The van der Waals surface area contributed by atoms with Crippen molar-refractivity contribution in [2.75, 3.05) is 5.43 Å². The van der Waals surface area contributed by atoms with Crippen LogP contribution in [0.1, 0.15) is 12.5 Å². The maximum atomic E-state index is 9.31. The second kappa shape index (κ2) is 7.21. The third kappa shape index (κ3) is 3.87. The number of aromatic nitrogens is 1. The lowest BCUT2D eigenvalue weighted by Crippen LogP contribution is -1.99. The van der Waals surface area contributed by atoms with Crippen molar-refractivity contribution < 1.29 is 5.11 Å². The lowest BCUT2D eigenvalue weighted by Gasteiger charge is -2.02. The number of anilines is 1. The predicted octanol–water partition coefficient (Wildman–Crippen LogP) is 5.66. The zero-order chi connectivity index (χ0) is 17.1. The predicted molar refractivity (Wildman–Crippen MR) is 102 cm³/mol. The highest BCUT2D eigenvalue weighted by Gasteiger charge is 2.07. The fourth-order valence-corrected chi connectivity index (χ4v) is 2.97. The lowest BCUT2D eigenvalue weighted by atomic mass is 10.1. The van der Waals surface area contributed by atoms with Gasteiger partial charge >= 0.3 is 0 Å². The number of nitrogens with zero attached hydrogens (tertiary/aromatic N) is 2. The summed E-state index contributed by atoms with van der Waals surface area (Å²) in [6.45, 7) is 1.88. The summed E-state index contributed by atoms with van der Waals surface area (Å²) >= 11 is 13.4. The van der Waals surface area contributed by atoms with Crippen LogP contribution in [0, 0.1) is 0 Å². The van der Waals surface area contributed by atoms with Gasteiger partial charge in [-0.05, 0) is 48.9 Å². The SMILES string of the molecule is C/C(=N\Nc1nc(-c2ccc(Cl)c(Cl)c2)cs1)c1ccc(O)cc1. The molecule has 0 saturated heterocycles. The zero-order valence-corrected chi connectivity index (χ0v) is 15.0. The number of phenols is 1. The minimum atomic E-state index is 0.227. The van der Waals surface area contributed by atoms with Gasteiger partial charge in [0.15, 0.2) is 0 Å². The van der Waals surface area contributed by atoms with Gasteiger partial charge in [0, 0.05) is 10.9 Å². The van der Waals surface area contributed by atoms with Crippen LogP contribution < -0.4 is 5.43 Å². The number of benzene rings is 2. The summed E-state index contributed by atoms with van der Waals surface area (Å²) in [5, 5.41) is 17.2. The van der Waals surface area contributed by atoms with Crippen molar-refractivity contribution in [3.8, 4) is 17.0 Å². The van der Waals surface area contributed by atoms with Crippen LogP contribution in [-0.2, 0) is 0 Å². The van der Waals surface area contributed by atoms with Crippen LogP contribution >= 0.6 is 34.5 Å². The average Bonchev–Trinajstić information content (AvgIpc) is 3.05. The first-order valence-electron chi connectivity index (χ1n) is 7.03. The molecule has 7 heteroatoms. The van der Waals surface area contributed by atoms with Gasteiger partial charge < -0.3 is 5.11 Å². The maximum absolute atomic E-state index is 9.31. The Balaban J connectivity index is 1.75. The number of nitrogens with one attached hydrogen (secondary N) is 1. The molecule has 1 aromatic heterocycles. The molecule has 2 N–H and O–H groups in total. The molecule has 0 fully saturated rings. The molecular formula is C17H13Cl2N3OS. The van der Waals surface area contributed by atoms with E-state index in [9.17, 15) is 5.11 Å². The molecule has 0 spiro atoms. The number of halogens is 2. The number of hydrogen-bond acceptors (Lipinski definition) is 5. The van der Waals surface area contributed by atoms with E-state index in [4.69, 9.17) is 23.2 Å². The molecule has 3 aromatic rings. The molecule has 0 aliphatic carbocycles. The van der Waals surface area contributed by atoms with E-state index in [2.05, 4.69) is 15.5 Å². The van der Waals surface area contributed by atoms with Gasteiger partial charge in [0.1, 0.15) is 5.75 Å². The van der Waals surface area contributed by atoms with E-state index in [1.54, 1.807) is 36.4 Å². The molecule has 1 heterocycles. The van der Waals surface area contributed by atoms with Gasteiger partial charge in [-0.3, -0.25) is 5.43 Å². The Labute approximate surface area is 153 Å². The number of thiazole rings is 1. The summed E-state index contributed by atoms with van der Waals surface area (Å²) < 4.78 is 0. The zero-order valence-electron chi connectivity index (χ0n) is 12.6. The Morgan fingerprint density at radius 2 is 1.88 bits per heavy atom. The van der Waals surface area contributed by atoms with Crippen LogP contribution in [0.5, 0.6) is 5.75 Å². The molecule has 24 heavy (non-hydrogen) atoms. The van der Waals surface area contributed by atoms with E-state index < -0.39 is 0 Å². The van der Waals surface area contributed by atoms with Gasteiger partial charge in [0.25, 0.3) is 0 Å². The molecule has 0 radical (unpaired) electrons. The smallest absolute Gasteiger partial charge is 0.203 e. The third-order valence-corrected chi connectivity index (χ3v) is 4.81. The van der Waals surface area contributed by atoms with Gasteiger partial charge in [-0.1, -0.05) is 29.3 Å². The highest BCUT2D eigenvalue weighted by molar-refractivity contribution is 7.14. The second-order valence-corrected chi connectivity index (χ2v) is 6.70. The average molecular weight is 378 g/mol. The summed E-state index contributed by atoms with van der Waals surface area (Å²) in [6.07, 6.45) is 0. The van der Waals surface area contributed by atoms with Gasteiger partial charge in [-0.15, -0.1) is 11.3 Å². The summed E-state index contributed by atoms with van der Waals surface area (Å²) in [5.41, 5.74) is 6.36. The van der Waals surface area contributed by atoms with E-state index >= 15 is 0 Å². The van der Waals surface area contributed by atoms with E-state index in [1.807, 2.05) is 18.4 Å². The van der Waals surface area contributed by atoms with E-state index in [0.717, 1.165) is 22.5 Å². The molecule has 4 nitrogen and oxygen atoms in total. The molecule has 122 valence electrons. The molecule has 0 aliphatic rings. The highest BCUT2D eigenvalue weighted by Crippen LogP contribution is 2.30. The number of phenolic OH excluding ortho intramolecular Hbond substituents is 1. The Bertz CT molecular complexity index is 891. The van der Waals surface area contributed by atoms with Crippen molar-refractivity contribution >= 4 is 45.4 Å². The van der Waals surface area contributed by atoms with Gasteiger partial charge in [-0.25, -0.2) is 4.98 Å². The van der Waals surface area contributed by atoms with Crippen LogP contribution in [0.15, 0.2) is 52.9 Å². The first-order valence-corrected chi connectivity index (χ1v) is 8.67. The Morgan fingerprint density at radius 3 is 2.58 bits per heavy atom. The molecule has 3 rings (SSSR count). The molecular weight excluding hydrogens is 365 g/mol. The Kier molecular flexibility index (Phi) is 5.04. The molecule has 0 aliphatic heterocycles. The number of aromatic hydroxyl groups is 1. The summed E-state index contributed by atoms with van der Waals surface area (Å²) in [4.78, 5) is 4.49. The fourth-order valence-electron chi connectivity index (χ4n) is 2.01. The van der Waals surface area contributed by atoms with E-state index in [0.29, 0.717) is 15.2 Å².